The van der Waals surface area contributed by atoms with E-state index in [2.05, 4.69) is 20.3 Å². The number of nitro benzene ring substituents is 1. The van der Waals surface area contributed by atoms with Gasteiger partial charge in [0, 0.05) is 53.9 Å². The van der Waals surface area contributed by atoms with Crippen molar-refractivity contribution in [1.82, 2.24) is 15.0 Å². The van der Waals surface area contributed by atoms with Crippen LogP contribution in [0.2, 0.25) is 0 Å². The maximum atomic E-state index is 13.2. The van der Waals surface area contributed by atoms with Crippen molar-refractivity contribution in [3.63, 3.8) is 0 Å². The van der Waals surface area contributed by atoms with Crippen LogP contribution >= 0.6 is 11.8 Å². The number of fused-ring (bicyclic) bond motifs is 1. The van der Waals surface area contributed by atoms with Crippen LogP contribution < -0.4 is 10.9 Å². The van der Waals surface area contributed by atoms with Gasteiger partial charge in [-0.3, -0.25) is 24.7 Å². The zero-order valence-electron chi connectivity index (χ0n) is 17.4. The van der Waals surface area contributed by atoms with E-state index in [1.54, 1.807) is 24.5 Å². The van der Waals surface area contributed by atoms with Gasteiger partial charge in [0.2, 0.25) is 0 Å². The smallest absolute Gasteiger partial charge is 0.269 e. The van der Waals surface area contributed by atoms with Gasteiger partial charge in [0.25, 0.3) is 11.2 Å². The highest BCUT2D eigenvalue weighted by atomic mass is 32.2. The molecule has 0 fully saturated rings. The Kier molecular flexibility index (Phi) is 5.51. The van der Waals surface area contributed by atoms with Gasteiger partial charge in [0.05, 0.1) is 10.5 Å². The highest BCUT2D eigenvalue weighted by molar-refractivity contribution is 7.98. The molecule has 5 rings (SSSR count). The molecule has 33 heavy (non-hydrogen) atoms. The van der Waals surface area contributed by atoms with Crippen LogP contribution in [0.15, 0.2) is 70.0 Å². The number of carbonyl (C=O) groups is 1. The topological polar surface area (TPSA) is 131 Å². The third kappa shape index (κ3) is 4.05. The fourth-order valence-electron chi connectivity index (χ4n) is 4.26. The van der Waals surface area contributed by atoms with E-state index in [4.69, 9.17) is 0 Å². The van der Waals surface area contributed by atoms with Crippen LogP contribution in [0.5, 0.6) is 0 Å². The van der Waals surface area contributed by atoms with Gasteiger partial charge in [-0.25, -0.2) is 4.98 Å². The molecule has 0 radical (unpaired) electrons. The number of hydrogen-bond acceptors (Lipinski definition) is 8. The number of rotatable bonds is 5. The molecule has 10 heteroatoms. The van der Waals surface area contributed by atoms with Crippen LogP contribution in [-0.2, 0) is 10.5 Å². The van der Waals surface area contributed by atoms with E-state index in [0.717, 1.165) is 29.7 Å². The Morgan fingerprint density at radius 3 is 2.58 bits per heavy atom. The third-order valence-corrected chi connectivity index (χ3v) is 6.74. The van der Waals surface area contributed by atoms with Gasteiger partial charge in [-0.15, -0.1) is 0 Å². The quantitative estimate of drug-likeness (QED) is 0.253. The van der Waals surface area contributed by atoms with Crippen molar-refractivity contribution in [2.75, 3.05) is 5.32 Å². The summed E-state index contributed by atoms with van der Waals surface area (Å²) in [6.07, 6.45) is 5.25. The molecular weight excluding hydrogens is 442 g/mol. The minimum Gasteiger partial charge on any atom is -0.343 e. The Morgan fingerprint density at radius 1 is 1.09 bits per heavy atom. The minimum atomic E-state index is -0.489. The summed E-state index contributed by atoms with van der Waals surface area (Å²) < 4.78 is 0. The lowest BCUT2D eigenvalue weighted by molar-refractivity contribution is -0.384. The molecule has 2 N–H and O–H groups in total. The number of ketones is 1. The van der Waals surface area contributed by atoms with Gasteiger partial charge in [-0.2, -0.15) is 0 Å². The van der Waals surface area contributed by atoms with E-state index >= 15 is 0 Å². The number of hydrogen-bond donors (Lipinski definition) is 2. The second-order valence-electron chi connectivity index (χ2n) is 7.85. The zero-order valence-corrected chi connectivity index (χ0v) is 18.2. The highest BCUT2D eigenvalue weighted by Crippen LogP contribution is 2.43. The normalized spacial score (nSPS) is 17.2. The number of nitrogens with one attached hydrogen (secondary N) is 2. The van der Waals surface area contributed by atoms with Gasteiger partial charge in [0.15, 0.2) is 10.9 Å². The molecule has 3 aromatic rings. The summed E-state index contributed by atoms with van der Waals surface area (Å²) in [5, 5.41) is 14.5. The molecule has 166 valence electrons. The fraction of sp³-hybridized carbons (Fsp3) is 0.217. The average molecular weight is 462 g/mol. The van der Waals surface area contributed by atoms with Crippen LogP contribution in [0.25, 0.3) is 0 Å². The maximum absolute atomic E-state index is 13.2. The molecule has 0 saturated heterocycles. The van der Waals surface area contributed by atoms with Gasteiger partial charge < -0.3 is 10.3 Å². The predicted molar refractivity (Wildman–Crippen MR) is 123 cm³/mol. The number of pyridine rings is 1. The van der Waals surface area contributed by atoms with E-state index in [1.165, 1.54) is 23.9 Å². The van der Waals surface area contributed by atoms with Crippen molar-refractivity contribution >= 4 is 29.1 Å². The SMILES string of the molecule is O=C1CCCC2=C1C(c1ccncc1)c1c(nc(SCc3ccc([N+](=O)[O-])cc3)[nH]c1=O)N2. The second kappa shape index (κ2) is 8.62. The molecule has 0 spiro atoms. The van der Waals surface area contributed by atoms with Crippen LogP contribution in [0.4, 0.5) is 11.5 Å². The Labute approximate surface area is 192 Å². The summed E-state index contributed by atoms with van der Waals surface area (Å²) in [6, 6.07) is 9.92. The maximum Gasteiger partial charge on any atom is 0.269 e. The largest absolute Gasteiger partial charge is 0.343 e. The average Bonchev–Trinajstić information content (AvgIpc) is 2.82. The van der Waals surface area contributed by atoms with Crippen molar-refractivity contribution in [1.29, 1.82) is 0 Å². The lowest BCUT2D eigenvalue weighted by Gasteiger charge is -2.32. The summed E-state index contributed by atoms with van der Waals surface area (Å²) in [6.45, 7) is 0. The number of nitrogens with zero attached hydrogens (tertiary/aromatic N) is 3. The first-order valence-corrected chi connectivity index (χ1v) is 11.4. The number of non-ortho nitro benzene ring substituents is 1. The molecule has 1 unspecified atom stereocenters. The number of carbonyl (C=O) groups excluding carboxylic acids is 1. The monoisotopic (exact) mass is 461 g/mol. The van der Waals surface area contributed by atoms with Crippen LogP contribution in [0.3, 0.4) is 0 Å². The van der Waals surface area contributed by atoms with E-state index in [0.29, 0.717) is 34.3 Å². The molecule has 1 aromatic carbocycles. The first kappa shape index (κ1) is 21.1. The van der Waals surface area contributed by atoms with Crippen molar-refractivity contribution in [2.24, 2.45) is 0 Å². The van der Waals surface area contributed by atoms with Gasteiger partial charge in [-0.1, -0.05) is 23.9 Å². The van der Waals surface area contributed by atoms with Gasteiger partial charge >= 0.3 is 0 Å². The third-order valence-electron chi connectivity index (χ3n) is 5.80. The van der Waals surface area contributed by atoms with Gasteiger partial charge in [0.1, 0.15) is 5.82 Å². The molecule has 1 aliphatic carbocycles. The van der Waals surface area contributed by atoms with E-state index < -0.39 is 10.8 Å². The molecule has 1 aliphatic heterocycles. The van der Waals surface area contributed by atoms with Gasteiger partial charge in [-0.05, 0) is 36.1 Å². The van der Waals surface area contributed by atoms with Crippen LogP contribution in [0, 0.1) is 10.1 Å². The standard InChI is InChI=1S/C23H19N5O4S/c29-17-3-1-2-16-19(17)18(14-8-10-24-11-9-14)20-21(25-16)26-23(27-22(20)30)33-12-13-4-6-15(7-5-13)28(31)32/h4-11,18H,1-3,12H2,(H2,25,26,27,30). The zero-order chi connectivity index (χ0) is 22.9. The Balaban J connectivity index is 1.49. The summed E-state index contributed by atoms with van der Waals surface area (Å²) in [4.78, 5) is 48.0. The molecule has 9 nitrogen and oxygen atoms in total. The number of allylic oxidation sites excluding steroid dienone is 2. The van der Waals surface area contributed by atoms with Crippen molar-refractivity contribution in [3.8, 4) is 0 Å². The van der Waals surface area contributed by atoms with Crippen molar-refractivity contribution < 1.29 is 9.72 Å². The number of benzene rings is 1. The number of thioether (sulfide) groups is 1. The fourth-order valence-corrected chi connectivity index (χ4v) is 5.08. The molecule has 2 aliphatic rings. The summed E-state index contributed by atoms with van der Waals surface area (Å²) in [7, 11) is 0. The summed E-state index contributed by atoms with van der Waals surface area (Å²) in [5.41, 5.74) is 3.32. The number of anilines is 1. The van der Waals surface area contributed by atoms with Crippen molar-refractivity contribution in [3.05, 3.63) is 97.2 Å². The number of Topliss-reactive ketones (excluding diaryl/α,β-unsaturated/α-hetero) is 1. The van der Waals surface area contributed by atoms with Crippen LogP contribution in [0.1, 0.15) is 41.9 Å². The number of H-pyrrole nitrogens is 1. The van der Waals surface area contributed by atoms with E-state index in [-0.39, 0.29) is 17.0 Å². The van der Waals surface area contributed by atoms with Crippen molar-refractivity contribution in [2.45, 2.75) is 36.1 Å². The van der Waals surface area contributed by atoms with E-state index in [9.17, 15) is 19.7 Å². The second-order valence-corrected chi connectivity index (χ2v) is 8.82. The van der Waals surface area contributed by atoms with E-state index in [1.807, 2.05) is 12.1 Å². The first-order valence-electron chi connectivity index (χ1n) is 10.4. The minimum absolute atomic E-state index is 0.0292. The Bertz CT molecular complexity index is 1340. The summed E-state index contributed by atoms with van der Waals surface area (Å²) >= 11 is 1.33. The molecule has 2 aromatic heterocycles. The molecule has 0 amide bonds. The lowest BCUT2D eigenvalue weighted by Crippen LogP contribution is -2.32. The number of aromatic nitrogens is 3. The molecule has 3 heterocycles. The van der Waals surface area contributed by atoms with Crippen LogP contribution in [-0.4, -0.2) is 25.7 Å². The lowest BCUT2D eigenvalue weighted by atomic mass is 9.77. The molecule has 0 saturated carbocycles. The summed E-state index contributed by atoms with van der Waals surface area (Å²) in [5.74, 6) is 0.504. The molecule has 0 bridgehead atoms. The Morgan fingerprint density at radius 2 is 1.85 bits per heavy atom. The Hall–Kier alpha value is -3.79. The molecule has 1 atom stereocenters. The number of nitro groups is 1. The highest BCUT2D eigenvalue weighted by Gasteiger charge is 2.37. The predicted octanol–water partition coefficient (Wildman–Crippen LogP) is 3.93. The first-order chi connectivity index (χ1) is 16.0. The number of aromatic amines is 1. The molecular formula is C23H19N5O4S.